The van der Waals surface area contributed by atoms with Crippen LogP contribution in [0.15, 0.2) is 41.8 Å². The average Bonchev–Trinajstić information content (AvgIpc) is 3.19. The van der Waals surface area contributed by atoms with Crippen molar-refractivity contribution in [3.63, 3.8) is 0 Å². The second-order valence-corrected chi connectivity index (χ2v) is 5.92. The first-order valence-corrected chi connectivity index (χ1v) is 8.01. The monoisotopic (exact) mass is 316 g/mol. The van der Waals surface area contributed by atoms with Gasteiger partial charge in [-0.3, -0.25) is 4.79 Å². The highest BCUT2D eigenvalue weighted by molar-refractivity contribution is 7.14. The van der Waals surface area contributed by atoms with Gasteiger partial charge >= 0.3 is 5.97 Å². The highest BCUT2D eigenvalue weighted by Crippen LogP contribution is 2.25. The number of nitrogens with one attached hydrogen (secondary N) is 2. The number of amides is 1. The lowest BCUT2D eigenvalue weighted by Crippen LogP contribution is -2.35. The summed E-state index contributed by atoms with van der Waals surface area (Å²) < 4.78 is 5.31. The van der Waals surface area contributed by atoms with Crippen molar-refractivity contribution in [3.05, 3.63) is 47.3 Å². The Morgan fingerprint density at radius 1 is 1.23 bits per heavy atom. The zero-order valence-corrected chi connectivity index (χ0v) is 12.7. The maximum atomic E-state index is 12.2. The molecule has 0 spiro atoms. The summed E-state index contributed by atoms with van der Waals surface area (Å²) in [6.45, 7) is 0.853. The van der Waals surface area contributed by atoms with Crippen LogP contribution in [0.5, 0.6) is 5.75 Å². The van der Waals surface area contributed by atoms with Crippen LogP contribution in [0.4, 0.5) is 5.00 Å². The van der Waals surface area contributed by atoms with Crippen molar-refractivity contribution in [2.24, 2.45) is 0 Å². The van der Waals surface area contributed by atoms with E-state index in [1.807, 2.05) is 6.07 Å². The van der Waals surface area contributed by atoms with Crippen LogP contribution < -0.4 is 15.4 Å². The van der Waals surface area contributed by atoms with Gasteiger partial charge in [-0.15, -0.1) is 11.3 Å². The van der Waals surface area contributed by atoms with Gasteiger partial charge in [0.25, 0.3) is 0 Å². The first kappa shape index (κ1) is 14.7. The lowest BCUT2D eigenvalue weighted by molar-refractivity contribution is -0.117. The Morgan fingerprint density at radius 3 is 2.77 bits per heavy atom. The lowest BCUT2D eigenvalue weighted by atomic mass is 10.2. The van der Waals surface area contributed by atoms with Gasteiger partial charge in [0.2, 0.25) is 5.91 Å². The summed E-state index contributed by atoms with van der Waals surface area (Å²) in [5.41, 5.74) is 0.375. The average molecular weight is 316 g/mol. The van der Waals surface area contributed by atoms with E-state index in [0.717, 1.165) is 19.4 Å². The molecule has 1 amide bonds. The summed E-state index contributed by atoms with van der Waals surface area (Å²) in [5.74, 6) is -0.0933. The molecule has 1 aromatic heterocycles. The van der Waals surface area contributed by atoms with Crippen LogP contribution >= 0.6 is 11.3 Å². The van der Waals surface area contributed by atoms with Crippen molar-refractivity contribution < 1.29 is 14.3 Å². The Labute approximate surface area is 132 Å². The van der Waals surface area contributed by atoms with E-state index in [9.17, 15) is 9.59 Å². The molecule has 6 heteroatoms. The van der Waals surface area contributed by atoms with Gasteiger partial charge in [-0.25, -0.2) is 4.79 Å². The number of para-hydroxylation sites is 1. The van der Waals surface area contributed by atoms with E-state index in [4.69, 9.17) is 4.74 Å². The normalized spacial score (nSPS) is 17.2. The molecule has 0 bridgehead atoms. The standard InChI is InChI=1S/C16H16N2O3S/c19-14(13-7-4-9-17-13)18-15-12(8-10-22-15)16(20)21-11-5-2-1-3-6-11/h1-3,5-6,8,10,13,17H,4,7,9H2,(H,18,19). The van der Waals surface area contributed by atoms with Crippen LogP contribution in [0.3, 0.4) is 0 Å². The first-order valence-electron chi connectivity index (χ1n) is 7.13. The quantitative estimate of drug-likeness (QED) is 0.672. The molecule has 22 heavy (non-hydrogen) atoms. The predicted octanol–water partition coefficient (Wildman–Crippen LogP) is 2.66. The van der Waals surface area contributed by atoms with Gasteiger partial charge in [0.15, 0.2) is 0 Å². The number of thiophene rings is 1. The van der Waals surface area contributed by atoms with E-state index in [2.05, 4.69) is 10.6 Å². The van der Waals surface area contributed by atoms with E-state index in [1.54, 1.807) is 35.7 Å². The van der Waals surface area contributed by atoms with E-state index in [0.29, 0.717) is 16.3 Å². The van der Waals surface area contributed by atoms with Gasteiger partial charge in [0.05, 0.1) is 11.6 Å². The summed E-state index contributed by atoms with van der Waals surface area (Å²) in [4.78, 5) is 24.3. The molecule has 1 unspecified atom stereocenters. The van der Waals surface area contributed by atoms with Crippen molar-refractivity contribution in [2.75, 3.05) is 11.9 Å². The molecule has 2 N–H and O–H groups in total. The van der Waals surface area contributed by atoms with E-state index >= 15 is 0 Å². The van der Waals surface area contributed by atoms with Gasteiger partial charge in [-0.2, -0.15) is 0 Å². The SMILES string of the molecule is O=C(Oc1ccccc1)c1ccsc1NC(=O)C1CCCN1. The molecule has 2 aromatic rings. The molecule has 1 fully saturated rings. The number of anilines is 1. The fraction of sp³-hybridized carbons (Fsp3) is 0.250. The number of esters is 1. The number of carbonyl (C=O) groups is 2. The van der Waals surface area contributed by atoms with Crippen LogP contribution in [0.1, 0.15) is 23.2 Å². The van der Waals surface area contributed by atoms with E-state index < -0.39 is 5.97 Å². The van der Waals surface area contributed by atoms with Gasteiger partial charge in [0.1, 0.15) is 10.8 Å². The van der Waals surface area contributed by atoms with Gasteiger partial charge in [-0.1, -0.05) is 18.2 Å². The van der Waals surface area contributed by atoms with Crippen LogP contribution in [-0.2, 0) is 4.79 Å². The Morgan fingerprint density at radius 2 is 2.05 bits per heavy atom. The fourth-order valence-corrected chi connectivity index (χ4v) is 3.10. The molecule has 0 aliphatic carbocycles. The smallest absolute Gasteiger partial charge is 0.346 e. The van der Waals surface area contributed by atoms with E-state index in [-0.39, 0.29) is 11.9 Å². The van der Waals surface area contributed by atoms with Gasteiger partial charge in [0, 0.05) is 0 Å². The van der Waals surface area contributed by atoms with Crippen molar-refractivity contribution >= 4 is 28.2 Å². The maximum Gasteiger partial charge on any atom is 0.346 e. The van der Waals surface area contributed by atoms with Crippen LogP contribution in [0.25, 0.3) is 0 Å². The minimum absolute atomic E-state index is 0.103. The number of benzene rings is 1. The van der Waals surface area contributed by atoms with Crippen molar-refractivity contribution in [1.82, 2.24) is 5.32 Å². The Bertz CT molecular complexity index is 663. The molecule has 1 atom stereocenters. The zero-order chi connectivity index (χ0) is 15.4. The van der Waals surface area contributed by atoms with E-state index in [1.165, 1.54) is 11.3 Å². The first-order chi connectivity index (χ1) is 10.7. The summed E-state index contributed by atoms with van der Waals surface area (Å²) in [7, 11) is 0. The molecule has 5 nitrogen and oxygen atoms in total. The fourth-order valence-electron chi connectivity index (χ4n) is 2.32. The molecule has 1 aliphatic rings. The molecule has 3 rings (SSSR count). The van der Waals surface area contributed by atoms with Gasteiger partial charge < -0.3 is 15.4 Å². The molecule has 2 heterocycles. The zero-order valence-electron chi connectivity index (χ0n) is 11.9. The van der Waals surface area contributed by atoms with Crippen molar-refractivity contribution in [3.8, 4) is 5.75 Å². The molecule has 1 aliphatic heterocycles. The summed E-state index contributed by atoms with van der Waals surface area (Å²) >= 11 is 1.31. The summed E-state index contributed by atoms with van der Waals surface area (Å²) in [6, 6.07) is 10.3. The van der Waals surface area contributed by atoms with Crippen molar-refractivity contribution in [1.29, 1.82) is 0 Å². The molecule has 1 aromatic carbocycles. The minimum Gasteiger partial charge on any atom is -0.423 e. The topological polar surface area (TPSA) is 67.4 Å². The third-order valence-electron chi connectivity index (χ3n) is 3.45. The Balaban J connectivity index is 1.68. The third-order valence-corrected chi connectivity index (χ3v) is 4.28. The molecule has 114 valence electrons. The number of hydrogen-bond donors (Lipinski definition) is 2. The molecule has 0 saturated carbocycles. The van der Waals surface area contributed by atoms with Crippen molar-refractivity contribution in [2.45, 2.75) is 18.9 Å². The Hall–Kier alpha value is -2.18. The van der Waals surface area contributed by atoms with Gasteiger partial charge in [-0.05, 0) is 43.0 Å². The highest BCUT2D eigenvalue weighted by Gasteiger charge is 2.24. The molecule has 0 radical (unpaired) electrons. The second kappa shape index (κ2) is 6.72. The molecular weight excluding hydrogens is 300 g/mol. The molecular formula is C16H16N2O3S. The van der Waals surface area contributed by atoms with Crippen LogP contribution in [0.2, 0.25) is 0 Å². The van der Waals surface area contributed by atoms with Crippen LogP contribution in [-0.4, -0.2) is 24.5 Å². The number of ether oxygens (including phenoxy) is 1. The maximum absolute atomic E-state index is 12.2. The van der Waals surface area contributed by atoms with Crippen LogP contribution in [0, 0.1) is 0 Å². The third kappa shape index (κ3) is 3.35. The predicted molar refractivity (Wildman–Crippen MR) is 85.4 cm³/mol. The summed E-state index contributed by atoms with van der Waals surface area (Å²) in [6.07, 6.45) is 1.81. The molecule has 1 saturated heterocycles. The lowest BCUT2D eigenvalue weighted by Gasteiger charge is -2.11. The number of rotatable bonds is 4. The Kier molecular flexibility index (Phi) is 4.50. The summed E-state index contributed by atoms with van der Waals surface area (Å²) in [5, 5.41) is 8.24. The second-order valence-electron chi connectivity index (χ2n) is 5.00. The highest BCUT2D eigenvalue weighted by atomic mass is 32.1. The minimum atomic E-state index is -0.470. The number of carbonyl (C=O) groups excluding carboxylic acids is 2. The largest absolute Gasteiger partial charge is 0.423 e. The number of hydrogen-bond acceptors (Lipinski definition) is 5.